The van der Waals surface area contributed by atoms with Crippen molar-refractivity contribution in [2.75, 3.05) is 18.5 Å². The van der Waals surface area contributed by atoms with Crippen LogP contribution < -0.4 is 10.6 Å². The molecular weight excluding hydrogens is 238 g/mol. The molecule has 0 bridgehead atoms. The number of carbonyl (C=O) groups excluding carboxylic acids is 1. The lowest BCUT2D eigenvalue weighted by molar-refractivity contribution is 0.0697. The molecule has 0 aromatic carbocycles. The maximum absolute atomic E-state index is 11.6. The third kappa shape index (κ3) is 2.95. The van der Waals surface area contributed by atoms with Crippen LogP contribution in [-0.4, -0.2) is 41.3 Å². The highest BCUT2D eigenvalue weighted by Crippen LogP contribution is 2.11. The fourth-order valence-corrected chi connectivity index (χ4v) is 1.65. The molecule has 1 unspecified atom stereocenters. The van der Waals surface area contributed by atoms with E-state index in [1.54, 1.807) is 0 Å². The van der Waals surface area contributed by atoms with Crippen LogP contribution in [0, 0.1) is 0 Å². The smallest absolute Gasteiger partial charge is 0.339 e. The number of carboxylic acid groups (broad SMARTS) is 1. The minimum Gasteiger partial charge on any atom is -0.478 e. The second-order valence-corrected chi connectivity index (χ2v) is 3.86. The number of aromatic nitrogens is 1. The summed E-state index contributed by atoms with van der Waals surface area (Å²) in [6.45, 7) is 1.09. The highest BCUT2D eigenvalue weighted by molar-refractivity contribution is 5.98. The molecule has 2 amide bonds. The number of amides is 2. The minimum atomic E-state index is -1.14. The first-order valence-corrected chi connectivity index (χ1v) is 5.50. The van der Waals surface area contributed by atoms with Crippen molar-refractivity contribution in [3.8, 4) is 0 Å². The van der Waals surface area contributed by atoms with Crippen molar-refractivity contribution in [1.29, 1.82) is 0 Å². The SMILES string of the molecule is O=C(Nc1ncccc1C(=O)O)NC1CCOC1. The molecule has 1 aromatic rings. The molecular formula is C11H13N3O4. The maximum Gasteiger partial charge on any atom is 0.339 e. The number of pyridine rings is 1. The van der Waals surface area contributed by atoms with Crippen LogP contribution in [0.3, 0.4) is 0 Å². The Morgan fingerprint density at radius 1 is 1.50 bits per heavy atom. The van der Waals surface area contributed by atoms with Crippen molar-refractivity contribution in [3.05, 3.63) is 23.9 Å². The molecule has 2 heterocycles. The van der Waals surface area contributed by atoms with Gasteiger partial charge in [-0.2, -0.15) is 0 Å². The van der Waals surface area contributed by atoms with E-state index >= 15 is 0 Å². The standard InChI is InChI=1S/C11H13N3O4/c15-10(16)8-2-1-4-12-9(8)14-11(17)13-7-3-5-18-6-7/h1-2,4,7H,3,5-6H2,(H,15,16)(H2,12,13,14,17). The zero-order chi connectivity index (χ0) is 13.0. The molecule has 96 valence electrons. The lowest BCUT2D eigenvalue weighted by Gasteiger charge is -2.12. The molecule has 7 heteroatoms. The molecule has 1 atom stereocenters. The van der Waals surface area contributed by atoms with Gasteiger partial charge in [-0.05, 0) is 18.6 Å². The van der Waals surface area contributed by atoms with Crippen LogP contribution in [-0.2, 0) is 4.74 Å². The monoisotopic (exact) mass is 251 g/mol. The van der Waals surface area contributed by atoms with Gasteiger partial charge in [0.1, 0.15) is 11.4 Å². The van der Waals surface area contributed by atoms with E-state index in [9.17, 15) is 9.59 Å². The zero-order valence-corrected chi connectivity index (χ0v) is 9.55. The highest BCUT2D eigenvalue weighted by atomic mass is 16.5. The summed E-state index contributed by atoms with van der Waals surface area (Å²) in [4.78, 5) is 26.4. The fraction of sp³-hybridized carbons (Fsp3) is 0.364. The molecule has 1 aliphatic heterocycles. The highest BCUT2D eigenvalue weighted by Gasteiger charge is 2.19. The Bertz CT molecular complexity index is 457. The third-order valence-corrected chi connectivity index (χ3v) is 2.53. The molecule has 0 spiro atoms. The molecule has 0 saturated carbocycles. The van der Waals surface area contributed by atoms with E-state index in [1.165, 1.54) is 18.3 Å². The van der Waals surface area contributed by atoms with E-state index in [-0.39, 0.29) is 17.4 Å². The van der Waals surface area contributed by atoms with Crippen LogP contribution >= 0.6 is 0 Å². The number of hydrogen-bond acceptors (Lipinski definition) is 4. The Kier molecular flexibility index (Phi) is 3.73. The lowest BCUT2D eigenvalue weighted by Crippen LogP contribution is -2.38. The molecule has 0 radical (unpaired) electrons. The van der Waals surface area contributed by atoms with Gasteiger partial charge in [-0.3, -0.25) is 5.32 Å². The quantitative estimate of drug-likeness (QED) is 0.733. The summed E-state index contributed by atoms with van der Waals surface area (Å²) in [5.74, 6) is -1.11. The van der Waals surface area contributed by atoms with E-state index in [1.807, 2.05) is 0 Å². The van der Waals surface area contributed by atoms with Gasteiger partial charge in [-0.25, -0.2) is 14.6 Å². The van der Waals surface area contributed by atoms with Crippen molar-refractivity contribution < 1.29 is 19.4 Å². The van der Waals surface area contributed by atoms with Crippen molar-refractivity contribution in [2.24, 2.45) is 0 Å². The summed E-state index contributed by atoms with van der Waals surface area (Å²) in [5, 5.41) is 14.0. The van der Waals surface area contributed by atoms with E-state index in [2.05, 4.69) is 15.6 Å². The number of aromatic carboxylic acids is 1. The number of rotatable bonds is 3. The Balaban J connectivity index is 2.00. The summed E-state index contributed by atoms with van der Waals surface area (Å²) >= 11 is 0. The molecule has 2 rings (SSSR count). The van der Waals surface area contributed by atoms with Crippen LogP contribution in [0.1, 0.15) is 16.8 Å². The van der Waals surface area contributed by atoms with Gasteiger partial charge in [-0.15, -0.1) is 0 Å². The van der Waals surface area contributed by atoms with Gasteiger partial charge in [0, 0.05) is 12.8 Å². The van der Waals surface area contributed by atoms with Crippen molar-refractivity contribution in [3.63, 3.8) is 0 Å². The number of hydrogen-bond donors (Lipinski definition) is 3. The predicted octanol–water partition coefficient (Wildman–Crippen LogP) is 0.690. The number of carbonyl (C=O) groups is 2. The number of anilines is 1. The summed E-state index contributed by atoms with van der Waals surface area (Å²) in [6, 6.07) is 2.36. The second-order valence-electron chi connectivity index (χ2n) is 3.86. The third-order valence-electron chi connectivity index (χ3n) is 2.53. The van der Waals surface area contributed by atoms with E-state index < -0.39 is 12.0 Å². The number of ether oxygens (including phenoxy) is 1. The predicted molar refractivity (Wildman–Crippen MR) is 62.6 cm³/mol. The summed E-state index contributed by atoms with van der Waals surface area (Å²) in [5.41, 5.74) is -0.0460. The summed E-state index contributed by atoms with van der Waals surface area (Å²) < 4.78 is 5.12. The van der Waals surface area contributed by atoms with Crippen LogP contribution in [0.15, 0.2) is 18.3 Å². The number of carboxylic acids is 1. The zero-order valence-electron chi connectivity index (χ0n) is 9.55. The van der Waals surface area contributed by atoms with Gasteiger partial charge in [-0.1, -0.05) is 0 Å². The van der Waals surface area contributed by atoms with Gasteiger partial charge in [0.05, 0.1) is 12.6 Å². The van der Waals surface area contributed by atoms with E-state index in [4.69, 9.17) is 9.84 Å². The van der Waals surface area contributed by atoms with Gasteiger partial charge < -0.3 is 15.2 Å². The summed E-state index contributed by atoms with van der Waals surface area (Å²) in [7, 11) is 0. The number of nitrogens with zero attached hydrogens (tertiary/aromatic N) is 1. The Labute approximate surface area is 103 Å². The first-order valence-electron chi connectivity index (χ1n) is 5.50. The Morgan fingerprint density at radius 3 is 3.00 bits per heavy atom. The van der Waals surface area contributed by atoms with Crippen LogP contribution in [0.5, 0.6) is 0 Å². The van der Waals surface area contributed by atoms with Crippen molar-refractivity contribution in [2.45, 2.75) is 12.5 Å². The molecule has 3 N–H and O–H groups in total. The van der Waals surface area contributed by atoms with Gasteiger partial charge >= 0.3 is 12.0 Å². The van der Waals surface area contributed by atoms with Gasteiger partial charge in [0.15, 0.2) is 0 Å². The lowest BCUT2D eigenvalue weighted by atomic mass is 10.2. The van der Waals surface area contributed by atoms with E-state index in [0.29, 0.717) is 13.2 Å². The van der Waals surface area contributed by atoms with Gasteiger partial charge in [0.25, 0.3) is 0 Å². The molecule has 1 aliphatic rings. The van der Waals surface area contributed by atoms with Crippen molar-refractivity contribution >= 4 is 17.8 Å². The fourth-order valence-electron chi connectivity index (χ4n) is 1.65. The van der Waals surface area contributed by atoms with E-state index in [0.717, 1.165) is 6.42 Å². The topological polar surface area (TPSA) is 101 Å². The normalized spacial score (nSPS) is 18.3. The van der Waals surface area contributed by atoms with Crippen molar-refractivity contribution in [1.82, 2.24) is 10.3 Å². The molecule has 7 nitrogen and oxygen atoms in total. The number of urea groups is 1. The van der Waals surface area contributed by atoms with Crippen LogP contribution in [0.25, 0.3) is 0 Å². The summed E-state index contributed by atoms with van der Waals surface area (Å²) in [6.07, 6.45) is 2.17. The average Bonchev–Trinajstić information content (AvgIpc) is 2.82. The molecule has 18 heavy (non-hydrogen) atoms. The minimum absolute atomic E-state index is 0.0291. The molecule has 0 aliphatic carbocycles. The molecule has 1 fully saturated rings. The van der Waals surface area contributed by atoms with Gasteiger partial charge in [0.2, 0.25) is 0 Å². The first kappa shape index (κ1) is 12.3. The van der Waals surface area contributed by atoms with Crippen LogP contribution in [0.4, 0.5) is 10.6 Å². The van der Waals surface area contributed by atoms with Crippen LogP contribution in [0.2, 0.25) is 0 Å². The average molecular weight is 251 g/mol. The molecule has 1 aromatic heterocycles. The first-order chi connectivity index (χ1) is 8.66. The maximum atomic E-state index is 11.6. The second kappa shape index (κ2) is 5.46. The largest absolute Gasteiger partial charge is 0.478 e. The Morgan fingerprint density at radius 2 is 2.33 bits per heavy atom. The Hall–Kier alpha value is -2.15. The molecule has 1 saturated heterocycles. The number of nitrogens with one attached hydrogen (secondary N) is 2.